The quantitative estimate of drug-likeness (QED) is 0.614. The van der Waals surface area contributed by atoms with Crippen molar-refractivity contribution >= 4 is 5.97 Å². The van der Waals surface area contributed by atoms with Gasteiger partial charge in [-0.2, -0.15) is 0 Å². The van der Waals surface area contributed by atoms with Gasteiger partial charge < -0.3 is 4.74 Å². The van der Waals surface area contributed by atoms with Crippen LogP contribution in [0.1, 0.15) is 53.9 Å². The van der Waals surface area contributed by atoms with Gasteiger partial charge >= 0.3 is 5.97 Å². The molecule has 0 saturated heterocycles. The van der Waals surface area contributed by atoms with Crippen molar-refractivity contribution in [1.29, 1.82) is 0 Å². The Morgan fingerprint density at radius 3 is 2.07 bits per heavy atom. The maximum Gasteiger partial charge on any atom is 0.308 e. The first-order valence-electron chi connectivity index (χ1n) is 5.64. The molecule has 0 aromatic carbocycles. The fraction of sp³-hybridized carbons (Fsp3) is 0.917. The summed E-state index contributed by atoms with van der Waals surface area (Å²) in [5.41, 5.74) is 0. The molecule has 0 saturated carbocycles. The summed E-state index contributed by atoms with van der Waals surface area (Å²) in [7, 11) is 0. The first-order chi connectivity index (χ1) is 6.43. The molecule has 0 N–H and O–H groups in total. The van der Waals surface area contributed by atoms with Crippen molar-refractivity contribution in [2.24, 2.45) is 11.8 Å². The Morgan fingerprint density at radius 2 is 1.64 bits per heavy atom. The summed E-state index contributed by atoms with van der Waals surface area (Å²) in [6.07, 6.45) is 3.27. The van der Waals surface area contributed by atoms with Gasteiger partial charge in [-0.05, 0) is 26.2 Å². The third-order valence-corrected chi connectivity index (χ3v) is 2.17. The second-order valence-electron chi connectivity index (χ2n) is 4.71. The van der Waals surface area contributed by atoms with Gasteiger partial charge in [0.1, 0.15) is 0 Å². The lowest BCUT2D eigenvalue weighted by Crippen LogP contribution is -2.18. The Hall–Kier alpha value is -0.530. The van der Waals surface area contributed by atoms with Gasteiger partial charge in [-0.3, -0.25) is 4.79 Å². The molecule has 2 heteroatoms. The predicted octanol–water partition coefficient (Wildman–Crippen LogP) is 3.40. The van der Waals surface area contributed by atoms with E-state index in [4.69, 9.17) is 4.74 Å². The lowest BCUT2D eigenvalue weighted by molar-refractivity contribution is -0.152. The monoisotopic (exact) mass is 200 g/mol. The van der Waals surface area contributed by atoms with Gasteiger partial charge in [-0.15, -0.1) is 0 Å². The second kappa shape index (κ2) is 6.86. The third kappa shape index (κ3) is 6.93. The molecule has 14 heavy (non-hydrogen) atoms. The van der Waals surface area contributed by atoms with Gasteiger partial charge in [0.05, 0.1) is 12.0 Å². The minimum atomic E-state index is -0.0521. The molecule has 0 fully saturated rings. The van der Waals surface area contributed by atoms with Crippen molar-refractivity contribution in [1.82, 2.24) is 0 Å². The maximum atomic E-state index is 11.4. The van der Waals surface area contributed by atoms with Gasteiger partial charge in [0.15, 0.2) is 0 Å². The zero-order valence-corrected chi connectivity index (χ0v) is 10.2. The van der Waals surface area contributed by atoms with Crippen molar-refractivity contribution in [2.45, 2.75) is 60.0 Å². The molecule has 0 aliphatic carbocycles. The molecule has 0 radical (unpaired) electrons. The van der Waals surface area contributed by atoms with E-state index in [0.717, 1.165) is 18.8 Å². The van der Waals surface area contributed by atoms with E-state index in [2.05, 4.69) is 13.8 Å². The normalized spacial score (nSPS) is 13.4. The van der Waals surface area contributed by atoms with Crippen LogP contribution in [0.4, 0.5) is 0 Å². The van der Waals surface area contributed by atoms with Crippen LogP contribution in [-0.4, -0.2) is 12.1 Å². The van der Waals surface area contributed by atoms with Crippen LogP contribution in [0.5, 0.6) is 0 Å². The lowest BCUT2D eigenvalue weighted by atomic mass is 10.00. The van der Waals surface area contributed by atoms with E-state index in [1.165, 1.54) is 6.42 Å². The van der Waals surface area contributed by atoms with Crippen LogP contribution >= 0.6 is 0 Å². The number of ether oxygens (including phenoxy) is 1. The fourth-order valence-electron chi connectivity index (χ4n) is 1.30. The molecular weight excluding hydrogens is 176 g/mol. The van der Waals surface area contributed by atoms with E-state index in [-0.39, 0.29) is 18.0 Å². The molecule has 84 valence electrons. The summed E-state index contributed by atoms with van der Waals surface area (Å²) in [5.74, 6) is 0.725. The molecule has 0 aliphatic rings. The van der Waals surface area contributed by atoms with Crippen molar-refractivity contribution in [3.63, 3.8) is 0 Å². The number of hydrogen-bond donors (Lipinski definition) is 0. The Labute approximate surface area is 88.0 Å². The van der Waals surface area contributed by atoms with Gasteiger partial charge in [0, 0.05) is 0 Å². The van der Waals surface area contributed by atoms with Crippen LogP contribution in [-0.2, 0) is 9.53 Å². The standard InChI is InChI=1S/C12H24O2/c1-9(2)7-6-8-11(5)12(13)14-10(3)4/h9-11H,6-8H2,1-5H3. The van der Waals surface area contributed by atoms with Gasteiger partial charge in [0.2, 0.25) is 0 Å². The maximum absolute atomic E-state index is 11.4. The highest BCUT2D eigenvalue weighted by molar-refractivity contribution is 5.72. The fourth-order valence-corrected chi connectivity index (χ4v) is 1.30. The zero-order valence-electron chi connectivity index (χ0n) is 10.2. The summed E-state index contributed by atoms with van der Waals surface area (Å²) in [6, 6.07) is 0. The molecule has 0 aromatic heterocycles. The van der Waals surface area contributed by atoms with Gasteiger partial charge in [-0.25, -0.2) is 0 Å². The molecule has 1 unspecified atom stereocenters. The molecule has 0 amide bonds. The number of carbonyl (C=O) groups is 1. The average Bonchev–Trinajstić information content (AvgIpc) is 2.01. The number of carbonyl (C=O) groups excluding carboxylic acids is 1. The number of hydrogen-bond acceptors (Lipinski definition) is 2. The van der Waals surface area contributed by atoms with Gasteiger partial charge in [0.25, 0.3) is 0 Å². The van der Waals surface area contributed by atoms with Crippen molar-refractivity contribution in [2.75, 3.05) is 0 Å². The summed E-state index contributed by atoms with van der Waals surface area (Å²) in [5, 5.41) is 0. The molecular formula is C12H24O2. The van der Waals surface area contributed by atoms with Crippen LogP contribution in [0.15, 0.2) is 0 Å². The summed E-state index contributed by atoms with van der Waals surface area (Å²) < 4.78 is 5.13. The molecule has 2 nitrogen and oxygen atoms in total. The highest BCUT2D eigenvalue weighted by Gasteiger charge is 2.15. The van der Waals surface area contributed by atoms with Crippen molar-refractivity contribution in [3.8, 4) is 0 Å². The molecule has 0 aromatic rings. The average molecular weight is 200 g/mol. The van der Waals surface area contributed by atoms with E-state index in [1.807, 2.05) is 20.8 Å². The Balaban J connectivity index is 3.62. The van der Waals surface area contributed by atoms with E-state index in [1.54, 1.807) is 0 Å². The van der Waals surface area contributed by atoms with E-state index < -0.39 is 0 Å². The lowest BCUT2D eigenvalue weighted by Gasteiger charge is -2.14. The highest BCUT2D eigenvalue weighted by Crippen LogP contribution is 2.14. The van der Waals surface area contributed by atoms with E-state index >= 15 is 0 Å². The minimum absolute atomic E-state index is 0.00930. The molecule has 1 atom stereocenters. The Bertz CT molecular complexity index is 162. The molecule has 0 rings (SSSR count). The summed E-state index contributed by atoms with van der Waals surface area (Å²) in [4.78, 5) is 11.4. The molecule has 0 aliphatic heterocycles. The first kappa shape index (κ1) is 13.5. The van der Waals surface area contributed by atoms with Crippen LogP contribution in [0.3, 0.4) is 0 Å². The predicted molar refractivity (Wildman–Crippen MR) is 59.1 cm³/mol. The largest absolute Gasteiger partial charge is 0.463 e. The second-order valence-corrected chi connectivity index (χ2v) is 4.71. The Morgan fingerprint density at radius 1 is 1.07 bits per heavy atom. The number of rotatable bonds is 6. The van der Waals surface area contributed by atoms with E-state index in [9.17, 15) is 4.79 Å². The van der Waals surface area contributed by atoms with Crippen LogP contribution < -0.4 is 0 Å². The third-order valence-electron chi connectivity index (χ3n) is 2.17. The van der Waals surface area contributed by atoms with Crippen LogP contribution in [0, 0.1) is 11.8 Å². The van der Waals surface area contributed by atoms with Crippen LogP contribution in [0.25, 0.3) is 0 Å². The highest BCUT2D eigenvalue weighted by atomic mass is 16.5. The summed E-state index contributed by atoms with van der Waals surface area (Å²) >= 11 is 0. The minimum Gasteiger partial charge on any atom is -0.463 e. The number of esters is 1. The van der Waals surface area contributed by atoms with Crippen molar-refractivity contribution in [3.05, 3.63) is 0 Å². The summed E-state index contributed by atoms with van der Waals surface area (Å²) in [6.45, 7) is 10.1. The van der Waals surface area contributed by atoms with Crippen LogP contribution in [0.2, 0.25) is 0 Å². The van der Waals surface area contributed by atoms with E-state index in [0.29, 0.717) is 0 Å². The first-order valence-corrected chi connectivity index (χ1v) is 5.64. The zero-order chi connectivity index (χ0) is 11.1. The van der Waals surface area contributed by atoms with Gasteiger partial charge in [-0.1, -0.05) is 33.6 Å². The van der Waals surface area contributed by atoms with Crippen molar-refractivity contribution < 1.29 is 9.53 Å². The molecule has 0 bridgehead atoms. The molecule has 0 heterocycles. The smallest absolute Gasteiger partial charge is 0.308 e. The Kier molecular flexibility index (Phi) is 6.60. The SMILES string of the molecule is CC(C)CCCC(C)C(=O)OC(C)C. The molecule has 0 spiro atoms. The topological polar surface area (TPSA) is 26.3 Å².